The molecular formula is C17H13NO3. The minimum atomic E-state index is -0.992. The van der Waals surface area contributed by atoms with Crippen molar-refractivity contribution in [3.63, 3.8) is 0 Å². The fourth-order valence-electron chi connectivity index (χ4n) is 1.91. The second-order valence-corrected chi connectivity index (χ2v) is 4.29. The van der Waals surface area contributed by atoms with Crippen molar-refractivity contribution in [2.24, 2.45) is 0 Å². The molecule has 0 unspecified atom stereocenters. The van der Waals surface area contributed by atoms with Gasteiger partial charge < -0.3 is 9.84 Å². The van der Waals surface area contributed by atoms with Gasteiger partial charge in [-0.3, -0.25) is 0 Å². The number of carboxylic acids is 1. The highest BCUT2D eigenvalue weighted by molar-refractivity contribution is 5.92. The Kier molecular flexibility index (Phi) is 4.37. The Balaban J connectivity index is 2.42. The van der Waals surface area contributed by atoms with E-state index in [1.165, 1.54) is 12.1 Å². The van der Waals surface area contributed by atoms with E-state index < -0.39 is 5.97 Å². The molecule has 0 amide bonds. The summed E-state index contributed by atoms with van der Waals surface area (Å²) in [6.07, 6.45) is 1.72. The van der Waals surface area contributed by atoms with E-state index in [2.05, 4.69) is 6.07 Å². The highest BCUT2D eigenvalue weighted by Gasteiger charge is 2.06. The molecule has 2 aromatic carbocycles. The molecule has 4 heteroatoms. The smallest absolute Gasteiger partial charge is 0.335 e. The van der Waals surface area contributed by atoms with Crippen LogP contribution in [-0.4, -0.2) is 18.2 Å². The summed E-state index contributed by atoms with van der Waals surface area (Å²) in [4.78, 5) is 10.8. The predicted molar refractivity (Wildman–Crippen MR) is 79.9 cm³/mol. The molecule has 0 heterocycles. The molecule has 2 rings (SSSR count). The molecule has 2 aromatic rings. The van der Waals surface area contributed by atoms with Crippen LogP contribution in [-0.2, 0) is 0 Å². The lowest BCUT2D eigenvalue weighted by Gasteiger charge is -2.05. The average Bonchev–Trinajstić information content (AvgIpc) is 2.53. The molecule has 0 bridgehead atoms. The van der Waals surface area contributed by atoms with E-state index in [0.717, 1.165) is 5.56 Å². The van der Waals surface area contributed by atoms with E-state index in [1.807, 2.05) is 24.3 Å². The Hall–Kier alpha value is -3.06. The van der Waals surface area contributed by atoms with Crippen LogP contribution in [0.2, 0.25) is 0 Å². The van der Waals surface area contributed by atoms with Crippen LogP contribution in [0.5, 0.6) is 5.75 Å². The number of nitriles is 1. The third kappa shape index (κ3) is 3.28. The molecule has 1 N–H and O–H groups in total. The van der Waals surface area contributed by atoms with Crippen molar-refractivity contribution in [2.45, 2.75) is 0 Å². The lowest BCUT2D eigenvalue weighted by molar-refractivity contribution is 0.0697. The second kappa shape index (κ2) is 6.40. The molecule has 0 atom stereocenters. The Morgan fingerprint density at radius 3 is 2.33 bits per heavy atom. The Morgan fingerprint density at radius 1 is 1.14 bits per heavy atom. The van der Waals surface area contributed by atoms with Crippen molar-refractivity contribution in [3.8, 4) is 11.8 Å². The minimum absolute atomic E-state index is 0.188. The van der Waals surface area contributed by atoms with Gasteiger partial charge in [-0.2, -0.15) is 5.26 Å². The average molecular weight is 279 g/mol. The van der Waals surface area contributed by atoms with Crippen LogP contribution in [0.25, 0.3) is 11.6 Å². The number of hydrogen-bond acceptors (Lipinski definition) is 3. The number of nitrogens with zero attached hydrogens (tertiary/aromatic N) is 1. The maximum absolute atomic E-state index is 10.8. The first-order valence-electron chi connectivity index (χ1n) is 6.24. The van der Waals surface area contributed by atoms with E-state index in [9.17, 15) is 10.1 Å². The number of para-hydroxylation sites is 1. The molecular weight excluding hydrogens is 266 g/mol. The predicted octanol–water partition coefficient (Wildman–Crippen LogP) is 3.46. The zero-order valence-electron chi connectivity index (χ0n) is 11.4. The van der Waals surface area contributed by atoms with E-state index in [0.29, 0.717) is 16.9 Å². The summed E-state index contributed by atoms with van der Waals surface area (Å²) in [5, 5.41) is 18.2. The summed E-state index contributed by atoms with van der Waals surface area (Å²) >= 11 is 0. The maximum Gasteiger partial charge on any atom is 0.335 e. The van der Waals surface area contributed by atoms with Crippen LogP contribution >= 0.6 is 0 Å². The highest BCUT2D eigenvalue weighted by atomic mass is 16.5. The van der Waals surface area contributed by atoms with Gasteiger partial charge in [-0.25, -0.2) is 4.79 Å². The quantitative estimate of drug-likeness (QED) is 0.687. The summed E-state index contributed by atoms with van der Waals surface area (Å²) in [5.41, 5.74) is 2.08. The van der Waals surface area contributed by atoms with E-state index in [-0.39, 0.29) is 5.56 Å². The summed E-state index contributed by atoms with van der Waals surface area (Å²) in [7, 11) is 1.57. The number of ether oxygens (including phenoxy) is 1. The molecule has 0 aromatic heterocycles. The molecule has 0 fully saturated rings. The number of rotatable bonds is 4. The lowest BCUT2D eigenvalue weighted by Crippen LogP contribution is -1.95. The van der Waals surface area contributed by atoms with Crippen LogP contribution < -0.4 is 4.74 Å². The van der Waals surface area contributed by atoms with E-state index in [4.69, 9.17) is 9.84 Å². The molecule has 0 saturated heterocycles. The van der Waals surface area contributed by atoms with Crippen molar-refractivity contribution in [3.05, 3.63) is 65.2 Å². The number of carbonyl (C=O) groups is 1. The van der Waals surface area contributed by atoms with Gasteiger partial charge in [-0.05, 0) is 29.8 Å². The maximum atomic E-state index is 10.8. The molecule has 0 aliphatic carbocycles. The molecule has 0 spiro atoms. The van der Waals surface area contributed by atoms with Gasteiger partial charge in [-0.15, -0.1) is 0 Å². The highest BCUT2D eigenvalue weighted by Crippen LogP contribution is 2.24. The van der Waals surface area contributed by atoms with Crippen molar-refractivity contribution in [1.29, 1.82) is 5.26 Å². The molecule has 0 radical (unpaired) electrons. The summed E-state index contributed by atoms with van der Waals surface area (Å²) in [6, 6.07) is 15.7. The van der Waals surface area contributed by atoms with E-state index >= 15 is 0 Å². The third-order valence-corrected chi connectivity index (χ3v) is 3.00. The van der Waals surface area contributed by atoms with Gasteiger partial charge in [0.15, 0.2) is 0 Å². The number of allylic oxidation sites excluding steroid dienone is 1. The van der Waals surface area contributed by atoms with Gasteiger partial charge >= 0.3 is 5.97 Å². The number of aromatic carboxylic acids is 1. The van der Waals surface area contributed by atoms with Crippen molar-refractivity contribution in [2.75, 3.05) is 7.11 Å². The molecule has 0 saturated carbocycles. The van der Waals surface area contributed by atoms with Gasteiger partial charge in [-0.1, -0.05) is 30.3 Å². The monoisotopic (exact) mass is 279 g/mol. The summed E-state index contributed by atoms with van der Waals surface area (Å²) in [6.45, 7) is 0. The molecule has 0 aliphatic heterocycles. The first-order valence-corrected chi connectivity index (χ1v) is 6.24. The second-order valence-electron chi connectivity index (χ2n) is 4.29. The number of carboxylic acid groups (broad SMARTS) is 1. The van der Waals surface area contributed by atoms with Crippen molar-refractivity contribution in [1.82, 2.24) is 0 Å². The third-order valence-electron chi connectivity index (χ3n) is 3.00. The van der Waals surface area contributed by atoms with E-state index in [1.54, 1.807) is 25.3 Å². The van der Waals surface area contributed by atoms with Gasteiger partial charge in [0.25, 0.3) is 0 Å². The SMILES string of the molecule is COc1ccccc1/C=C(/C#N)c1ccc(C(=O)O)cc1. The van der Waals surface area contributed by atoms with Crippen molar-refractivity contribution < 1.29 is 14.6 Å². The Bertz CT molecular complexity index is 724. The van der Waals surface area contributed by atoms with Crippen LogP contribution in [0, 0.1) is 11.3 Å². The van der Waals surface area contributed by atoms with Crippen LogP contribution in [0.1, 0.15) is 21.5 Å². The van der Waals surface area contributed by atoms with Crippen LogP contribution in [0.3, 0.4) is 0 Å². The number of hydrogen-bond donors (Lipinski definition) is 1. The summed E-state index contributed by atoms with van der Waals surface area (Å²) in [5.74, 6) is -0.318. The van der Waals surface area contributed by atoms with Crippen LogP contribution in [0.4, 0.5) is 0 Å². The lowest BCUT2D eigenvalue weighted by atomic mass is 10.0. The van der Waals surface area contributed by atoms with Crippen molar-refractivity contribution >= 4 is 17.6 Å². The minimum Gasteiger partial charge on any atom is -0.496 e. The molecule has 4 nitrogen and oxygen atoms in total. The summed E-state index contributed by atoms with van der Waals surface area (Å²) < 4.78 is 5.25. The van der Waals surface area contributed by atoms with Gasteiger partial charge in [0.05, 0.1) is 24.3 Å². The van der Waals surface area contributed by atoms with Crippen LogP contribution in [0.15, 0.2) is 48.5 Å². The largest absolute Gasteiger partial charge is 0.496 e. The zero-order chi connectivity index (χ0) is 15.2. The fraction of sp³-hybridized carbons (Fsp3) is 0.0588. The number of methoxy groups -OCH3 is 1. The topological polar surface area (TPSA) is 70.3 Å². The standard InChI is InChI=1S/C17H13NO3/c1-21-16-5-3-2-4-14(16)10-15(11-18)12-6-8-13(9-7-12)17(19)20/h2-10H,1H3,(H,19,20)/b15-10-. The molecule has 21 heavy (non-hydrogen) atoms. The normalized spacial score (nSPS) is 10.8. The van der Waals surface area contributed by atoms with Gasteiger partial charge in [0.2, 0.25) is 0 Å². The first kappa shape index (κ1) is 14.4. The first-order chi connectivity index (χ1) is 10.2. The van der Waals surface area contributed by atoms with Gasteiger partial charge in [0.1, 0.15) is 5.75 Å². The number of benzene rings is 2. The Morgan fingerprint density at radius 2 is 1.76 bits per heavy atom. The van der Waals surface area contributed by atoms with Gasteiger partial charge in [0, 0.05) is 5.56 Å². The zero-order valence-corrected chi connectivity index (χ0v) is 11.4. The Labute approximate surface area is 122 Å². The fourth-order valence-corrected chi connectivity index (χ4v) is 1.91. The molecule has 0 aliphatic rings. The molecule has 104 valence electrons.